The zero-order chi connectivity index (χ0) is 14.5. The van der Waals surface area contributed by atoms with E-state index in [1.165, 1.54) is 0 Å². The number of aromatic nitrogens is 1. The van der Waals surface area contributed by atoms with Gasteiger partial charge in [0.2, 0.25) is 0 Å². The fourth-order valence-corrected chi connectivity index (χ4v) is 1.86. The second-order valence-corrected chi connectivity index (χ2v) is 5.05. The van der Waals surface area contributed by atoms with Gasteiger partial charge in [0.15, 0.2) is 0 Å². The highest BCUT2D eigenvalue weighted by atomic mass is 16.1. The summed E-state index contributed by atoms with van der Waals surface area (Å²) >= 11 is 0. The molecule has 0 saturated carbocycles. The summed E-state index contributed by atoms with van der Waals surface area (Å²) in [5.74, 6) is 0.400. The molecule has 1 amide bonds. The van der Waals surface area contributed by atoms with Crippen LogP contribution in [-0.2, 0) is 0 Å². The van der Waals surface area contributed by atoms with Crippen molar-refractivity contribution in [1.29, 1.82) is 0 Å². The first-order chi connectivity index (χ1) is 9.54. The Morgan fingerprint density at radius 3 is 2.60 bits per heavy atom. The van der Waals surface area contributed by atoms with E-state index in [-0.39, 0.29) is 5.91 Å². The molecule has 104 valence electrons. The Morgan fingerprint density at radius 1 is 1.20 bits per heavy atom. The maximum Gasteiger partial charge on any atom is 0.256 e. The zero-order valence-electron chi connectivity index (χ0n) is 12.0. The highest BCUT2D eigenvalue weighted by Gasteiger charge is 2.06. The molecule has 2 N–H and O–H groups in total. The molecule has 1 aromatic carbocycles. The van der Waals surface area contributed by atoms with Crippen LogP contribution in [0.1, 0.15) is 29.8 Å². The molecule has 20 heavy (non-hydrogen) atoms. The van der Waals surface area contributed by atoms with E-state index in [2.05, 4.69) is 29.5 Å². The number of pyridine rings is 1. The van der Waals surface area contributed by atoms with Crippen molar-refractivity contribution in [3.8, 4) is 0 Å². The normalized spacial score (nSPS) is 10.4. The molecule has 0 aliphatic heterocycles. The van der Waals surface area contributed by atoms with Crippen LogP contribution in [0.15, 0.2) is 42.6 Å². The third-order valence-electron chi connectivity index (χ3n) is 2.74. The molecule has 4 heteroatoms. The summed E-state index contributed by atoms with van der Waals surface area (Å²) in [6.07, 6.45) is 1.71. The van der Waals surface area contributed by atoms with Gasteiger partial charge in [-0.05, 0) is 45.0 Å². The van der Waals surface area contributed by atoms with Crippen LogP contribution >= 0.6 is 0 Å². The van der Waals surface area contributed by atoms with Gasteiger partial charge in [-0.25, -0.2) is 4.98 Å². The van der Waals surface area contributed by atoms with E-state index in [1.807, 2.05) is 31.2 Å². The Balaban J connectivity index is 2.04. The van der Waals surface area contributed by atoms with Crippen LogP contribution in [0.3, 0.4) is 0 Å². The number of aryl methyl sites for hydroxylation is 1. The van der Waals surface area contributed by atoms with Gasteiger partial charge in [0.05, 0.1) is 11.9 Å². The predicted octanol–water partition coefficient (Wildman–Crippen LogP) is 3.46. The number of carbonyl (C=O) groups excluding carboxylic acids is 1. The van der Waals surface area contributed by atoms with E-state index in [0.29, 0.717) is 17.4 Å². The van der Waals surface area contributed by atoms with E-state index in [1.54, 1.807) is 18.3 Å². The van der Waals surface area contributed by atoms with Gasteiger partial charge in [0.25, 0.3) is 5.91 Å². The second kappa shape index (κ2) is 6.19. The minimum atomic E-state index is -0.147. The Kier molecular flexibility index (Phi) is 4.35. The van der Waals surface area contributed by atoms with E-state index in [9.17, 15) is 4.79 Å². The van der Waals surface area contributed by atoms with Gasteiger partial charge in [0, 0.05) is 11.6 Å². The number of amides is 1. The topological polar surface area (TPSA) is 54.0 Å². The smallest absolute Gasteiger partial charge is 0.256 e. The summed E-state index contributed by atoms with van der Waals surface area (Å²) < 4.78 is 0. The molecule has 0 bridgehead atoms. The fourth-order valence-electron chi connectivity index (χ4n) is 1.86. The third kappa shape index (κ3) is 3.82. The molecular formula is C16H19N3O. The number of rotatable bonds is 4. The van der Waals surface area contributed by atoms with Crippen molar-refractivity contribution < 1.29 is 4.79 Å². The number of nitrogens with zero attached hydrogens (tertiary/aromatic N) is 1. The molecule has 0 aliphatic carbocycles. The predicted molar refractivity (Wildman–Crippen MR) is 82.1 cm³/mol. The van der Waals surface area contributed by atoms with Gasteiger partial charge in [-0.15, -0.1) is 0 Å². The fraction of sp³-hybridized carbons (Fsp3) is 0.250. The average Bonchev–Trinajstić information content (AvgIpc) is 2.40. The zero-order valence-corrected chi connectivity index (χ0v) is 12.0. The third-order valence-corrected chi connectivity index (χ3v) is 2.74. The Morgan fingerprint density at radius 2 is 2.00 bits per heavy atom. The molecule has 1 aromatic heterocycles. The van der Waals surface area contributed by atoms with Crippen molar-refractivity contribution >= 4 is 17.4 Å². The molecule has 0 aliphatic rings. The van der Waals surface area contributed by atoms with Crippen molar-refractivity contribution in [1.82, 2.24) is 4.98 Å². The number of carbonyl (C=O) groups is 1. The minimum Gasteiger partial charge on any atom is -0.382 e. The van der Waals surface area contributed by atoms with Crippen LogP contribution in [0.2, 0.25) is 0 Å². The van der Waals surface area contributed by atoms with Crippen LogP contribution in [0.25, 0.3) is 0 Å². The van der Waals surface area contributed by atoms with Gasteiger partial charge in [0.1, 0.15) is 5.82 Å². The minimum absolute atomic E-state index is 0.147. The lowest BCUT2D eigenvalue weighted by Crippen LogP contribution is -2.14. The van der Waals surface area contributed by atoms with Crippen molar-refractivity contribution in [2.24, 2.45) is 0 Å². The van der Waals surface area contributed by atoms with Crippen LogP contribution in [0.5, 0.6) is 0 Å². The highest BCUT2D eigenvalue weighted by Crippen LogP contribution is 2.12. The number of benzene rings is 1. The molecule has 0 spiro atoms. The molecular weight excluding hydrogens is 250 g/mol. The first-order valence-electron chi connectivity index (χ1n) is 6.65. The van der Waals surface area contributed by atoms with Crippen LogP contribution in [0, 0.1) is 6.92 Å². The maximum atomic E-state index is 12.1. The van der Waals surface area contributed by atoms with Gasteiger partial charge >= 0.3 is 0 Å². The summed E-state index contributed by atoms with van der Waals surface area (Å²) in [7, 11) is 0. The van der Waals surface area contributed by atoms with Gasteiger partial charge in [-0.3, -0.25) is 4.79 Å². The molecule has 2 rings (SSSR count). The van der Waals surface area contributed by atoms with Crippen molar-refractivity contribution in [3.63, 3.8) is 0 Å². The lowest BCUT2D eigenvalue weighted by molar-refractivity contribution is 0.102. The van der Waals surface area contributed by atoms with E-state index in [4.69, 9.17) is 0 Å². The quantitative estimate of drug-likeness (QED) is 0.893. The molecule has 0 fully saturated rings. The SMILES string of the molecule is Cc1cccc(C(=O)Nc2ccc(NC(C)C)cn2)c1. The van der Waals surface area contributed by atoms with Crippen LogP contribution < -0.4 is 10.6 Å². The molecule has 4 nitrogen and oxygen atoms in total. The summed E-state index contributed by atoms with van der Waals surface area (Å²) in [6.45, 7) is 6.09. The van der Waals surface area contributed by atoms with E-state index < -0.39 is 0 Å². The van der Waals surface area contributed by atoms with Crippen molar-refractivity contribution in [2.45, 2.75) is 26.8 Å². The Bertz CT molecular complexity index is 591. The molecule has 2 aromatic rings. The number of anilines is 2. The lowest BCUT2D eigenvalue weighted by Gasteiger charge is -2.10. The molecule has 1 heterocycles. The van der Waals surface area contributed by atoms with Gasteiger partial charge < -0.3 is 10.6 Å². The first-order valence-corrected chi connectivity index (χ1v) is 6.65. The van der Waals surface area contributed by atoms with Crippen molar-refractivity contribution in [2.75, 3.05) is 10.6 Å². The summed E-state index contributed by atoms with van der Waals surface area (Å²) in [5.41, 5.74) is 2.63. The Hall–Kier alpha value is -2.36. The van der Waals surface area contributed by atoms with Crippen LogP contribution in [-0.4, -0.2) is 16.9 Å². The molecule has 0 saturated heterocycles. The molecule has 0 unspecified atom stereocenters. The lowest BCUT2D eigenvalue weighted by atomic mass is 10.1. The maximum absolute atomic E-state index is 12.1. The van der Waals surface area contributed by atoms with Gasteiger partial charge in [-0.1, -0.05) is 17.7 Å². The second-order valence-electron chi connectivity index (χ2n) is 5.05. The summed E-state index contributed by atoms with van der Waals surface area (Å²) in [6, 6.07) is 11.5. The molecule has 0 atom stereocenters. The molecule has 0 radical (unpaired) electrons. The van der Waals surface area contributed by atoms with Gasteiger partial charge in [-0.2, -0.15) is 0 Å². The largest absolute Gasteiger partial charge is 0.382 e. The number of hydrogen-bond donors (Lipinski definition) is 2. The highest BCUT2D eigenvalue weighted by molar-refractivity contribution is 6.03. The first kappa shape index (κ1) is 14.1. The number of hydrogen-bond acceptors (Lipinski definition) is 3. The van der Waals surface area contributed by atoms with Crippen molar-refractivity contribution in [3.05, 3.63) is 53.7 Å². The summed E-state index contributed by atoms with van der Waals surface area (Å²) in [4.78, 5) is 16.3. The number of nitrogens with one attached hydrogen (secondary N) is 2. The Labute approximate surface area is 119 Å². The monoisotopic (exact) mass is 269 g/mol. The van der Waals surface area contributed by atoms with E-state index >= 15 is 0 Å². The average molecular weight is 269 g/mol. The summed E-state index contributed by atoms with van der Waals surface area (Å²) in [5, 5.41) is 6.04. The van der Waals surface area contributed by atoms with Crippen LogP contribution in [0.4, 0.5) is 11.5 Å². The van der Waals surface area contributed by atoms with E-state index in [0.717, 1.165) is 11.3 Å². The standard InChI is InChI=1S/C16H19N3O/c1-11(2)18-14-7-8-15(17-10-14)19-16(20)13-6-4-5-12(3)9-13/h4-11,18H,1-3H3,(H,17,19,20).